The van der Waals surface area contributed by atoms with Crippen molar-refractivity contribution in [2.24, 2.45) is 0 Å². The molecule has 0 spiro atoms. The zero-order valence-electron chi connectivity index (χ0n) is 21.4. The molecule has 1 atom stereocenters. The van der Waals surface area contributed by atoms with E-state index in [2.05, 4.69) is 19.2 Å². The number of carbonyl (C=O) groups excluding carboxylic acids is 2. The predicted octanol–water partition coefficient (Wildman–Crippen LogP) is 3.53. The molecule has 2 aromatic rings. The molecule has 0 aliphatic rings. The molecule has 0 fully saturated rings. The molecule has 0 bridgehead atoms. The lowest BCUT2D eigenvalue weighted by atomic mass is 10.0. The number of hydrogen-bond donors (Lipinski definition) is 1. The molecule has 2 aromatic carbocycles. The van der Waals surface area contributed by atoms with E-state index in [0.717, 1.165) is 28.1 Å². The Labute approximate surface area is 209 Å². The molecule has 2 amide bonds. The Kier molecular flexibility index (Phi) is 10.1. The van der Waals surface area contributed by atoms with Crippen molar-refractivity contribution in [3.8, 4) is 5.75 Å². The lowest BCUT2D eigenvalue weighted by Crippen LogP contribution is -2.51. The smallest absolute Gasteiger partial charge is 0.244 e. The van der Waals surface area contributed by atoms with Gasteiger partial charge in [0.25, 0.3) is 0 Å². The molecule has 0 saturated carbocycles. The van der Waals surface area contributed by atoms with E-state index in [1.807, 2.05) is 31.2 Å². The summed E-state index contributed by atoms with van der Waals surface area (Å²) in [4.78, 5) is 27.7. The Bertz CT molecular complexity index is 1080. The van der Waals surface area contributed by atoms with Crippen LogP contribution in [0.2, 0.25) is 0 Å². The zero-order chi connectivity index (χ0) is 26.2. The number of rotatable bonds is 12. The van der Waals surface area contributed by atoms with Gasteiger partial charge >= 0.3 is 0 Å². The van der Waals surface area contributed by atoms with Crippen LogP contribution in [0.1, 0.15) is 51.2 Å². The highest BCUT2D eigenvalue weighted by Crippen LogP contribution is 2.23. The highest BCUT2D eigenvalue weighted by Gasteiger charge is 2.30. The van der Waals surface area contributed by atoms with E-state index >= 15 is 0 Å². The summed E-state index contributed by atoms with van der Waals surface area (Å²) in [6.07, 6.45) is 1.83. The average Bonchev–Trinajstić information content (AvgIpc) is 2.83. The first-order valence-corrected chi connectivity index (χ1v) is 13.6. The minimum atomic E-state index is -3.75. The van der Waals surface area contributed by atoms with Gasteiger partial charge in [-0.25, -0.2) is 8.42 Å². The molecule has 35 heavy (non-hydrogen) atoms. The summed E-state index contributed by atoms with van der Waals surface area (Å²) in [5.41, 5.74) is 2.26. The van der Waals surface area contributed by atoms with Crippen molar-refractivity contribution in [1.82, 2.24) is 10.2 Å². The van der Waals surface area contributed by atoms with Crippen molar-refractivity contribution in [2.45, 2.75) is 52.6 Å². The van der Waals surface area contributed by atoms with Gasteiger partial charge in [-0.1, -0.05) is 45.0 Å². The van der Waals surface area contributed by atoms with E-state index in [4.69, 9.17) is 4.74 Å². The first-order valence-electron chi connectivity index (χ1n) is 11.8. The molecule has 0 aromatic heterocycles. The van der Waals surface area contributed by atoms with Crippen LogP contribution in [0.3, 0.4) is 0 Å². The van der Waals surface area contributed by atoms with Crippen LogP contribution in [0.4, 0.5) is 5.69 Å². The maximum atomic E-state index is 13.5. The molecule has 192 valence electrons. The van der Waals surface area contributed by atoms with Crippen LogP contribution in [0, 0.1) is 0 Å². The maximum Gasteiger partial charge on any atom is 0.244 e. The van der Waals surface area contributed by atoms with Gasteiger partial charge in [-0.2, -0.15) is 0 Å². The van der Waals surface area contributed by atoms with Crippen molar-refractivity contribution < 1.29 is 22.7 Å². The van der Waals surface area contributed by atoms with Gasteiger partial charge in [0.05, 0.1) is 19.1 Å². The van der Waals surface area contributed by atoms with E-state index in [0.29, 0.717) is 23.9 Å². The molecular formula is C26H37N3O5S. The second kappa shape index (κ2) is 12.6. The van der Waals surface area contributed by atoms with Crippen LogP contribution in [0.25, 0.3) is 0 Å². The Hall–Kier alpha value is -3.07. The fourth-order valence-corrected chi connectivity index (χ4v) is 4.39. The Morgan fingerprint density at radius 2 is 1.60 bits per heavy atom. The minimum Gasteiger partial charge on any atom is -0.497 e. The minimum absolute atomic E-state index is 0.146. The molecule has 0 heterocycles. The van der Waals surface area contributed by atoms with Gasteiger partial charge in [0.2, 0.25) is 21.8 Å². The predicted molar refractivity (Wildman–Crippen MR) is 139 cm³/mol. The van der Waals surface area contributed by atoms with Crippen molar-refractivity contribution >= 4 is 27.5 Å². The van der Waals surface area contributed by atoms with E-state index in [1.54, 1.807) is 38.3 Å². The number of hydrogen-bond acceptors (Lipinski definition) is 5. The number of ether oxygens (including phenoxy) is 1. The number of benzene rings is 2. The summed E-state index contributed by atoms with van der Waals surface area (Å²) in [5, 5.41) is 2.82. The highest BCUT2D eigenvalue weighted by molar-refractivity contribution is 7.92. The van der Waals surface area contributed by atoms with Crippen LogP contribution in [0.5, 0.6) is 5.75 Å². The number of nitrogens with zero attached hydrogens (tertiary/aromatic N) is 2. The van der Waals surface area contributed by atoms with Gasteiger partial charge in [-0.15, -0.1) is 0 Å². The highest BCUT2D eigenvalue weighted by atomic mass is 32.2. The average molecular weight is 504 g/mol. The normalized spacial score (nSPS) is 12.2. The van der Waals surface area contributed by atoms with Gasteiger partial charge < -0.3 is 15.0 Å². The van der Waals surface area contributed by atoms with Gasteiger partial charge in [-0.05, 0) is 54.7 Å². The number of carbonyl (C=O) groups is 2. The lowest BCUT2D eigenvalue weighted by molar-refractivity contribution is -0.139. The van der Waals surface area contributed by atoms with Crippen molar-refractivity contribution in [1.29, 1.82) is 0 Å². The fraction of sp³-hybridized carbons (Fsp3) is 0.462. The molecule has 0 aliphatic heterocycles. The van der Waals surface area contributed by atoms with Crippen molar-refractivity contribution in [3.05, 3.63) is 59.7 Å². The van der Waals surface area contributed by atoms with Crippen molar-refractivity contribution in [3.63, 3.8) is 0 Å². The largest absolute Gasteiger partial charge is 0.497 e. The van der Waals surface area contributed by atoms with Gasteiger partial charge in [0, 0.05) is 13.1 Å². The first-order chi connectivity index (χ1) is 16.5. The second-order valence-corrected chi connectivity index (χ2v) is 10.8. The summed E-state index contributed by atoms with van der Waals surface area (Å²) in [6.45, 7) is 7.92. The molecule has 0 radical (unpaired) electrons. The van der Waals surface area contributed by atoms with Gasteiger partial charge in [-0.3, -0.25) is 13.9 Å². The van der Waals surface area contributed by atoms with E-state index in [9.17, 15) is 18.0 Å². The standard InChI is InChI=1S/C26H37N3O5S/c1-7-16-27-26(31)20(4)28(17-21-8-14-24(34-5)15-9-21)25(30)18-29(35(6,32)33)23-12-10-22(11-13-23)19(2)3/h8-15,19-20H,7,16-18H2,1-6H3,(H,27,31)/t20-/m1/s1. The molecule has 1 N–H and O–H groups in total. The van der Waals surface area contributed by atoms with Gasteiger partial charge in [0.15, 0.2) is 0 Å². The van der Waals surface area contributed by atoms with Crippen molar-refractivity contribution in [2.75, 3.05) is 30.8 Å². The third-order valence-electron chi connectivity index (χ3n) is 5.76. The van der Waals surface area contributed by atoms with Crippen LogP contribution >= 0.6 is 0 Å². The Morgan fingerprint density at radius 3 is 2.09 bits per heavy atom. The Morgan fingerprint density at radius 1 is 1.00 bits per heavy atom. The number of anilines is 1. The third-order valence-corrected chi connectivity index (χ3v) is 6.90. The Balaban J connectivity index is 2.36. The lowest BCUT2D eigenvalue weighted by Gasteiger charge is -2.31. The number of amides is 2. The SMILES string of the molecule is CCCNC(=O)[C@@H](C)N(Cc1ccc(OC)cc1)C(=O)CN(c1ccc(C(C)C)cc1)S(C)(=O)=O. The summed E-state index contributed by atoms with van der Waals surface area (Å²) in [5.74, 6) is 0.201. The second-order valence-electron chi connectivity index (χ2n) is 8.85. The molecule has 0 unspecified atom stereocenters. The van der Waals surface area contributed by atoms with E-state index < -0.39 is 28.5 Å². The van der Waals surface area contributed by atoms with Crippen LogP contribution < -0.4 is 14.4 Å². The molecule has 0 saturated heterocycles. The number of nitrogens with one attached hydrogen (secondary N) is 1. The molecule has 0 aliphatic carbocycles. The summed E-state index contributed by atoms with van der Waals surface area (Å²) in [7, 11) is -2.18. The zero-order valence-corrected chi connectivity index (χ0v) is 22.3. The summed E-state index contributed by atoms with van der Waals surface area (Å²) < 4.78 is 31.6. The van der Waals surface area contributed by atoms with Crippen LogP contribution in [0.15, 0.2) is 48.5 Å². The number of methoxy groups -OCH3 is 1. The quantitative estimate of drug-likeness (QED) is 0.478. The van der Waals surface area contributed by atoms with Crippen LogP contribution in [-0.2, 0) is 26.2 Å². The van der Waals surface area contributed by atoms with Gasteiger partial charge in [0.1, 0.15) is 18.3 Å². The maximum absolute atomic E-state index is 13.5. The third kappa shape index (κ3) is 7.99. The molecule has 9 heteroatoms. The molecule has 8 nitrogen and oxygen atoms in total. The molecular weight excluding hydrogens is 466 g/mol. The van der Waals surface area contributed by atoms with E-state index in [1.165, 1.54) is 4.90 Å². The number of sulfonamides is 1. The topological polar surface area (TPSA) is 96.0 Å². The molecule has 2 rings (SSSR count). The fourth-order valence-electron chi connectivity index (χ4n) is 3.55. The first kappa shape index (κ1) is 28.2. The van der Waals surface area contributed by atoms with Crippen LogP contribution in [-0.4, -0.2) is 57.6 Å². The summed E-state index contributed by atoms with van der Waals surface area (Å²) >= 11 is 0. The monoisotopic (exact) mass is 503 g/mol. The van der Waals surface area contributed by atoms with E-state index in [-0.39, 0.29) is 12.5 Å². The summed E-state index contributed by atoms with van der Waals surface area (Å²) in [6, 6.07) is 13.5.